The van der Waals surface area contributed by atoms with Gasteiger partial charge in [-0.1, -0.05) is 35.9 Å². The molecule has 2 rings (SSSR count). The predicted octanol–water partition coefficient (Wildman–Crippen LogP) is 4.12. The number of aryl methyl sites for hydroxylation is 1. The van der Waals surface area contributed by atoms with Crippen molar-refractivity contribution in [2.45, 2.75) is 32.6 Å². The Bertz CT molecular complexity index is 574. The van der Waals surface area contributed by atoms with E-state index < -0.39 is 5.41 Å². The largest absolute Gasteiger partial charge is 0.465 e. The van der Waals surface area contributed by atoms with Crippen LogP contribution >= 0.6 is 11.3 Å². The average molecular weight is 288 g/mol. The van der Waals surface area contributed by atoms with Crippen molar-refractivity contribution < 1.29 is 9.53 Å². The Hall–Kier alpha value is -1.61. The van der Waals surface area contributed by atoms with E-state index >= 15 is 0 Å². The predicted molar refractivity (Wildman–Crippen MR) is 83.2 cm³/mol. The van der Waals surface area contributed by atoms with Crippen LogP contribution in [-0.4, -0.2) is 12.6 Å². The van der Waals surface area contributed by atoms with Crippen molar-refractivity contribution in [3.63, 3.8) is 0 Å². The summed E-state index contributed by atoms with van der Waals surface area (Å²) in [6, 6.07) is 12.2. The molecule has 2 aromatic rings. The summed E-state index contributed by atoms with van der Waals surface area (Å²) in [6.07, 6.45) is 0.674. The molecule has 0 fully saturated rings. The van der Waals surface area contributed by atoms with Crippen LogP contribution in [0.4, 0.5) is 0 Å². The van der Waals surface area contributed by atoms with Gasteiger partial charge in [-0.25, -0.2) is 0 Å². The molecule has 1 unspecified atom stereocenters. The molecule has 3 heteroatoms. The standard InChI is InChI=1S/C17H20O2S/c1-4-19-16(18)17(3,12-15-9-6-10-20-15)14-8-5-7-13(2)11-14/h5-11H,4,12H2,1-3H3. The van der Waals surface area contributed by atoms with E-state index in [-0.39, 0.29) is 5.97 Å². The Balaban J connectivity index is 2.40. The molecular weight excluding hydrogens is 268 g/mol. The smallest absolute Gasteiger partial charge is 0.316 e. The van der Waals surface area contributed by atoms with Gasteiger partial charge in [0.25, 0.3) is 0 Å². The zero-order valence-electron chi connectivity index (χ0n) is 12.2. The Morgan fingerprint density at radius 3 is 2.70 bits per heavy atom. The van der Waals surface area contributed by atoms with Gasteiger partial charge in [0.05, 0.1) is 12.0 Å². The van der Waals surface area contributed by atoms with Crippen LogP contribution in [-0.2, 0) is 21.4 Å². The van der Waals surface area contributed by atoms with Crippen molar-refractivity contribution in [1.82, 2.24) is 0 Å². The monoisotopic (exact) mass is 288 g/mol. The molecule has 0 saturated carbocycles. The van der Waals surface area contributed by atoms with Crippen molar-refractivity contribution in [3.8, 4) is 0 Å². The minimum atomic E-state index is -0.632. The summed E-state index contributed by atoms with van der Waals surface area (Å²) in [7, 11) is 0. The number of thiophene rings is 1. The fourth-order valence-corrected chi connectivity index (χ4v) is 3.19. The Morgan fingerprint density at radius 2 is 2.10 bits per heavy atom. The topological polar surface area (TPSA) is 26.3 Å². The number of ether oxygens (including phenoxy) is 1. The number of hydrogen-bond acceptors (Lipinski definition) is 3. The zero-order chi connectivity index (χ0) is 14.6. The first-order chi connectivity index (χ1) is 9.56. The van der Waals surface area contributed by atoms with Gasteiger partial charge in [0.1, 0.15) is 0 Å². The highest BCUT2D eigenvalue weighted by atomic mass is 32.1. The van der Waals surface area contributed by atoms with Crippen molar-refractivity contribution >= 4 is 17.3 Å². The molecule has 0 aliphatic carbocycles. The zero-order valence-corrected chi connectivity index (χ0v) is 13.0. The Kier molecular flexibility index (Phi) is 4.61. The lowest BCUT2D eigenvalue weighted by atomic mass is 9.78. The minimum Gasteiger partial charge on any atom is -0.465 e. The van der Waals surface area contributed by atoms with E-state index in [1.54, 1.807) is 11.3 Å². The number of carbonyl (C=O) groups is 1. The summed E-state index contributed by atoms with van der Waals surface area (Å²) in [5.74, 6) is -0.154. The second kappa shape index (κ2) is 6.23. The molecule has 0 spiro atoms. The van der Waals surface area contributed by atoms with Crippen LogP contribution in [0.3, 0.4) is 0 Å². The van der Waals surface area contributed by atoms with Crippen LogP contribution in [0.15, 0.2) is 41.8 Å². The maximum atomic E-state index is 12.5. The van der Waals surface area contributed by atoms with Crippen LogP contribution in [0.25, 0.3) is 0 Å². The Morgan fingerprint density at radius 1 is 1.30 bits per heavy atom. The molecular formula is C17H20O2S. The summed E-state index contributed by atoms with van der Waals surface area (Å²) in [5, 5.41) is 2.04. The van der Waals surface area contributed by atoms with Crippen molar-refractivity contribution in [2.24, 2.45) is 0 Å². The quantitative estimate of drug-likeness (QED) is 0.774. The molecule has 106 valence electrons. The van der Waals surface area contributed by atoms with Gasteiger partial charge in [-0.15, -0.1) is 11.3 Å². The van der Waals surface area contributed by atoms with Gasteiger partial charge in [-0.05, 0) is 37.8 Å². The molecule has 20 heavy (non-hydrogen) atoms. The number of hydrogen-bond donors (Lipinski definition) is 0. The van der Waals surface area contributed by atoms with E-state index in [0.717, 1.165) is 11.1 Å². The highest BCUT2D eigenvalue weighted by molar-refractivity contribution is 7.09. The highest BCUT2D eigenvalue weighted by Gasteiger charge is 2.37. The molecule has 1 atom stereocenters. The normalized spacial score (nSPS) is 13.8. The Labute approximate surface area is 124 Å². The van der Waals surface area contributed by atoms with Gasteiger partial charge >= 0.3 is 5.97 Å². The maximum Gasteiger partial charge on any atom is 0.316 e. The van der Waals surface area contributed by atoms with E-state index in [9.17, 15) is 4.79 Å². The molecule has 1 aromatic carbocycles. The third-order valence-electron chi connectivity index (χ3n) is 3.49. The highest BCUT2D eigenvalue weighted by Crippen LogP contribution is 2.32. The van der Waals surface area contributed by atoms with Crippen LogP contribution < -0.4 is 0 Å². The van der Waals surface area contributed by atoms with Gasteiger partial charge in [0.15, 0.2) is 0 Å². The van der Waals surface area contributed by atoms with E-state index in [1.807, 2.05) is 50.4 Å². The van der Waals surface area contributed by atoms with Crippen LogP contribution in [0, 0.1) is 6.92 Å². The molecule has 0 aliphatic heterocycles. The third-order valence-corrected chi connectivity index (χ3v) is 4.37. The molecule has 2 nitrogen and oxygen atoms in total. The lowest BCUT2D eigenvalue weighted by Gasteiger charge is -2.27. The number of esters is 1. The van der Waals surface area contributed by atoms with Gasteiger partial charge in [0, 0.05) is 11.3 Å². The number of rotatable bonds is 5. The molecule has 0 saturated heterocycles. The fraction of sp³-hybridized carbons (Fsp3) is 0.353. The summed E-state index contributed by atoms with van der Waals surface area (Å²) in [5.41, 5.74) is 1.54. The summed E-state index contributed by atoms with van der Waals surface area (Å²) in [6.45, 7) is 6.27. The molecule has 0 radical (unpaired) electrons. The molecule has 0 amide bonds. The second-order valence-electron chi connectivity index (χ2n) is 5.18. The van der Waals surface area contributed by atoms with Gasteiger partial charge in [-0.3, -0.25) is 4.79 Å². The van der Waals surface area contributed by atoms with Gasteiger partial charge in [0.2, 0.25) is 0 Å². The average Bonchev–Trinajstić information content (AvgIpc) is 2.91. The molecule has 0 aliphatic rings. The maximum absolute atomic E-state index is 12.5. The molecule has 1 aromatic heterocycles. The molecule has 0 bridgehead atoms. The van der Waals surface area contributed by atoms with Crippen molar-refractivity contribution in [3.05, 3.63) is 57.8 Å². The lowest BCUT2D eigenvalue weighted by Crippen LogP contribution is -2.36. The summed E-state index contributed by atoms with van der Waals surface area (Å²) in [4.78, 5) is 13.7. The van der Waals surface area contributed by atoms with Gasteiger partial charge < -0.3 is 4.74 Å². The minimum absolute atomic E-state index is 0.154. The SMILES string of the molecule is CCOC(=O)C(C)(Cc1cccs1)c1cccc(C)c1. The van der Waals surface area contributed by atoms with Gasteiger partial charge in [-0.2, -0.15) is 0 Å². The first-order valence-electron chi connectivity index (χ1n) is 6.83. The van der Waals surface area contributed by atoms with Crippen LogP contribution in [0.1, 0.15) is 29.9 Å². The third kappa shape index (κ3) is 3.10. The van der Waals surface area contributed by atoms with E-state index in [0.29, 0.717) is 13.0 Å². The van der Waals surface area contributed by atoms with Crippen LogP contribution in [0.2, 0.25) is 0 Å². The van der Waals surface area contributed by atoms with Crippen molar-refractivity contribution in [1.29, 1.82) is 0 Å². The van der Waals surface area contributed by atoms with E-state index in [4.69, 9.17) is 4.74 Å². The number of benzene rings is 1. The number of carbonyl (C=O) groups excluding carboxylic acids is 1. The lowest BCUT2D eigenvalue weighted by molar-refractivity contribution is -0.149. The fourth-order valence-electron chi connectivity index (χ4n) is 2.33. The van der Waals surface area contributed by atoms with Crippen LogP contribution in [0.5, 0.6) is 0 Å². The van der Waals surface area contributed by atoms with E-state index in [1.165, 1.54) is 4.88 Å². The summed E-state index contributed by atoms with van der Waals surface area (Å²) < 4.78 is 5.32. The summed E-state index contributed by atoms with van der Waals surface area (Å²) >= 11 is 1.68. The first kappa shape index (κ1) is 14.8. The second-order valence-corrected chi connectivity index (χ2v) is 6.21. The molecule has 1 heterocycles. The van der Waals surface area contributed by atoms with E-state index in [2.05, 4.69) is 12.1 Å². The first-order valence-corrected chi connectivity index (χ1v) is 7.71. The molecule has 0 N–H and O–H groups in total. The van der Waals surface area contributed by atoms with Crippen molar-refractivity contribution in [2.75, 3.05) is 6.61 Å².